The number of hydroxylamine groups is 2. The number of nitrogens with zero attached hydrogens (tertiary/aromatic N) is 3. The molecule has 1 aromatic heterocycles. The summed E-state index contributed by atoms with van der Waals surface area (Å²) in [4.78, 5) is 32.0. The first-order valence-electron chi connectivity index (χ1n) is 11.0. The van der Waals surface area contributed by atoms with Gasteiger partial charge in [-0.05, 0) is 66.9 Å². The van der Waals surface area contributed by atoms with Crippen LogP contribution in [0.5, 0.6) is 11.5 Å². The molecule has 0 unspecified atom stereocenters. The van der Waals surface area contributed by atoms with Crippen molar-refractivity contribution in [2.45, 2.75) is 18.3 Å². The summed E-state index contributed by atoms with van der Waals surface area (Å²) in [5, 5.41) is 20.8. The Kier molecular flexibility index (Phi) is 6.95. The molecule has 184 valence electrons. The van der Waals surface area contributed by atoms with Crippen molar-refractivity contribution in [3.05, 3.63) is 53.5 Å². The summed E-state index contributed by atoms with van der Waals surface area (Å²) < 4.78 is 10.6. The number of aliphatic carboxylic acids is 1. The number of carboxylic acid groups (broad SMARTS) is 1. The first-order valence-corrected chi connectivity index (χ1v) is 11.9. The van der Waals surface area contributed by atoms with Crippen molar-refractivity contribution < 1.29 is 29.4 Å². The standard InChI is InChI=1S/C25H27N3O6S/c1-27(32)24(31)28-14-12-25(13-15-28,23(29)30)22-26-20(16-4-8-18(33-2)9-5-16)21(35-22)17-6-10-19(34-3)11-7-17/h4-11,32H,12-15H2,1-3H3,(H,29,30). The van der Waals surface area contributed by atoms with Crippen molar-refractivity contribution in [1.82, 2.24) is 14.9 Å². The monoisotopic (exact) mass is 497 g/mol. The zero-order valence-corrected chi connectivity index (χ0v) is 20.5. The molecule has 0 atom stereocenters. The first-order chi connectivity index (χ1) is 16.8. The Morgan fingerprint density at radius 2 is 1.49 bits per heavy atom. The van der Waals surface area contributed by atoms with Gasteiger partial charge in [0.15, 0.2) is 0 Å². The molecular weight excluding hydrogens is 470 g/mol. The SMILES string of the molecule is COc1ccc(-c2nc(C3(C(=O)O)CCN(C(=O)N(C)O)CC3)sc2-c2ccc(OC)cc2)cc1. The third kappa shape index (κ3) is 4.67. The lowest BCUT2D eigenvalue weighted by atomic mass is 9.79. The second kappa shape index (κ2) is 9.93. The second-order valence-corrected chi connectivity index (χ2v) is 9.33. The average Bonchev–Trinajstić information content (AvgIpc) is 3.34. The van der Waals surface area contributed by atoms with Crippen LogP contribution in [0.25, 0.3) is 21.7 Å². The molecule has 0 aliphatic carbocycles. The van der Waals surface area contributed by atoms with Gasteiger partial charge in [-0.15, -0.1) is 11.3 Å². The van der Waals surface area contributed by atoms with Crippen LogP contribution in [-0.4, -0.2) is 71.6 Å². The minimum Gasteiger partial charge on any atom is -0.497 e. The molecule has 2 heterocycles. The van der Waals surface area contributed by atoms with Gasteiger partial charge in [-0.3, -0.25) is 10.0 Å². The smallest absolute Gasteiger partial charge is 0.343 e. The number of aromatic nitrogens is 1. The highest BCUT2D eigenvalue weighted by molar-refractivity contribution is 7.16. The largest absolute Gasteiger partial charge is 0.497 e. The predicted molar refractivity (Wildman–Crippen MR) is 131 cm³/mol. The Balaban J connectivity index is 1.78. The van der Waals surface area contributed by atoms with Crippen LogP contribution in [0.15, 0.2) is 48.5 Å². The highest BCUT2D eigenvalue weighted by atomic mass is 32.1. The maximum atomic E-state index is 12.6. The third-order valence-electron chi connectivity index (χ3n) is 6.33. The van der Waals surface area contributed by atoms with Gasteiger partial charge in [-0.2, -0.15) is 0 Å². The van der Waals surface area contributed by atoms with E-state index in [1.807, 2.05) is 48.5 Å². The Labute approximate surface area is 207 Å². The first kappa shape index (κ1) is 24.5. The summed E-state index contributed by atoms with van der Waals surface area (Å²) in [6.45, 7) is 0.400. The minimum absolute atomic E-state index is 0.194. The molecule has 2 N–H and O–H groups in total. The van der Waals surface area contributed by atoms with Crippen molar-refractivity contribution in [2.24, 2.45) is 0 Å². The van der Waals surface area contributed by atoms with Gasteiger partial charge in [0.25, 0.3) is 0 Å². The fourth-order valence-electron chi connectivity index (χ4n) is 4.21. The van der Waals surface area contributed by atoms with E-state index in [4.69, 9.17) is 14.5 Å². The molecule has 2 aromatic carbocycles. The maximum absolute atomic E-state index is 12.6. The van der Waals surface area contributed by atoms with Crippen LogP contribution in [0, 0.1) is 0 Å². The number of ether oxygens (including phenoxy) is 2. The van der Waals surface area contributed by atoms with E-state index < -0.39 is 17.4 Å². The number of hydrogen-bond acceptors (Lipinski definition) is 7. The Hall–Kier alpha value is -3.63. The number of likely N-dealkylation sites (tertiary alicyclic amines) is 1. The molecule has 1 fully saturated rings. The van der Waals surface area contributed by atoms with Crippen LogP contribution in [0.4, 0.5) is 4.79 Å². The Bertz CT molecular complexity index is 1130. The van der Waals surface area contributed by atoms with Gasteiger partial charge < -0.3 is 19.5 Å². The van der Waals surface area contributed by atoms with E-state index in [0.717, 1.165) is 21.8 Å². The van der Waals surface area contributed by atoms with E-state index in [9.17, 15) is 19.9 Å². The van der Waals surface area contributed by atoms with Gasteiger partial charge in [0.05, 0.1) is 24.8 Å². The number of amides is 2. The van der Waals surface area contributed by atoms with Crippen molar-refractivity contribution in [1.29, 1.82) is 0 Å². The highest BCUT2D eigenvalue weighted by Crippen LogP contribution is 2.45. The number of benzene rings is 2. The van der Waals surface area contributed by atoms with Crippen molar-refractivity contribution in [3.8, 4) is 33.2 Å². The van der Waals surface area contributed by atoms with Crippen LogP contribution in [-0.2, 0) is 10.2 Å². The van der Waals surface area contributed by atoms with Crippen molar-refractivity contribution >= 4 is 23.3 Å². The van der Waals surface area contributed by atoms with E-state index in [1.54, 1.807) is 14.2 Å². The molecule has 0 bridgehead atoms. The van der Waals surface area contributed by atoms with Gasteiger partial charge in [0.2, 0.25) is 0 Å². The van der Waals surface area contributed by atoms with Crippen LogP contribution in [0.1, 0.15) is 17.8 Å². The normalized spacial score (nSPS) is 14.9. The molecule has 3 aromatic rings. The summed E-state index contributed by atoms with van der Waals surface area (Å²) >= 11 is 1.35. The zero-order valence-electron chi connectivity index (χ0n) is 19.7. The lowest BCUT2D eigenvalue weighted by Crippen LogP contribution is -2.51. The lowest BCUT2D eigenvalue weighted by molar-refractivity contribution is -0.146. The Morgan fingerprint density at radius 1 is 0.971 bits per heavy atom. The third-order valence-corrected chi connectivity index (χ3v) is 7.63. The van der Waals surface area contributed by atoms with Crippen LogP contribution in [0.2, 0.25) is 0 Å². The van der Waals surface area contributed by atoms with Crippen molar-refractivity contribution in [3.63, 3.8) is 0 Å². The highest BCUT2D eigenvalue weighted by Gasteiger charge is 2.47. The molecule has 9 nitrogen and oxygen atoms in total. The van der Waals surface area contributed by atoms with Crippen LogP contribution in [0.3, 0.4) is 0 Å². The molecule has 1 aliphatic rings. The number of urea groups is 1. The fourth-order valence-corrected chi connectivity index (χ4v) is 5.54. The predicted octanol–water partition coefficient (Wildman–Crippen LogP) is 4.35. The van der Waals surface area contributed by atoms with Gasteiger partial charge in [0.1, 0.15) is 21.9 Å². The average molecular weight is 498 g/mol. The van der Waals surface area contributed by atoms with Crippen molar-refractivity contribution in [2.75, 3.05) is 34.4 Å². The number of rotatable bonds is 6. The van der Waals surface area contributed by atoms with Gasteiger partial charge in [-0.25, -0.2) is 14.8 Å². The van der Waals surface area contributed by atoms with E-state index in [-0.39, 0.29) is 25.9 Å². The molecule has 1 aliphatic heterocycles. The lowest BCUT2D eigenvalue weighted by Gasteiger charge is -2.38. The van der Waals surface area contributed by atoms with Gasteiger partial charge >= 0.3 is 12.0 Å². The summed E-state index contributed by atoms with van der Waals surface area (Å²) in [6.07, 6.45) is 0.388. The van der Waals surface area contributed by atoms with Gasteiger partial charge in [0, 0.05) is 25.7 Å². The number of hydrogen-bond donors (Lipinski definition) is 2. The zero-order chi connectivity index (χ0) is 25.2. The van der Waals surface area contributed by atoms with Crippen LogP contribution < -0.4 is 9.47 Å². The molecular formula is C25H27N3O6S. The number of thiazole rings is 1. The minimum atomic E-state index is -1.23. The van der Waals surface area contributed by atoms with E-state index >= 15 is 0 Å². The topological polar surface area (TPSA) is 112 Å². The summed E-state index contributed by atoms with van der Waals surface area (Å²) in [5.74, 6) is 0.457. The second-order valence-electron chi connectivity index (χ2n) is 8.33. The number of carbonyl (C=O) groups is 2. The molecule has 2 amide bonds. The maximum Gasteiger partial charge on any atom is 0.343 e. The van der Waals surface area contributed by atoms with E-state index in [0.29, 0.717) is 21.5 Å². The molecule has 35 heavy (non-hydrogen) atoms. The van der Waals surface area contributed by atoms with Crippen LogP contribution >= 0.6 is 11.3 Å². The number of carboxylic acids is 1. The molecule has 0 saturated carbocycles. The summed E-state index contributed by atoms with van der Waals surface area (Å²) in [5.41, 5.74) is 1.19. The quantitative estimate of drug-likeness (QED) is 0.384. The molecule has 4 rings (SSSR count). The van der Waals surface area contributed by atoms with Gasteiger partial charge in [-0.1, -0.05) is 0 Å². The van der Waals surface area contributed by atoms with E-state index in [1.165, 1.54) is 23.3 Å². The molecule has 10 heteroatoms. The summed E-state index contributed by atoms with van der Waals surface area (Å²) in [6, 6.07) is 14.5. The Morgan fingerprint density at radius 3 is 1.94 bits per heavy atom. The van der Waals surface area contributed by atoms with E-state index in [2.05, 4.69) is 0 Å². The number of piperidine rings is 1. The fraction of sp³-hybridized carbons (Fsp3) is 0.320. The number of methoxy groups -OCH3 is 2. The molecule has 0 radical (unpaired) electrons. The molecule has 1 saturated heterocycles. The number of carbonyl (C=O) groups excluding carboxylic acids is 1. The summed E-state index contributed by atoms with van der Waals surface area (Å²) in [7, 11) is 4.45. The molecule has 0 spiro atoms.